The third kappa shape index (κ3) is 3.73. The number of halogens is 2. The van der Waals surface area contributed by atoms with Crippen LogP contribution in [0.5, 0.6) is 0 Å². The Kier molecular flexibility index (Phi) is 5.29. The predicted molar refractivity (Wildman–Crippen MR) is 101 cm³/mol. The van der Waals surface area contributed by atoms with Gasteiger partial charge in [0.15, 0.2) is 10.9 Å². The molecule has 0 N–H and O–H groups in total. The minimum Gasteiger partial charge on any atom is -0.308 e. The lowest BCUT2D eigenvalue weighted by molar-refractivity contribution is 0.0984. The van der Waals surface area contributed by atoms with Crippen molar-refractivity contribution in [1.29, 1.82) is 0 Å². The Labute approximate surface area is 154 Å². The smallest absolute Gasteiger partial charge is 0.260 e. The van der Waals surface area contributed by atoms with Crippen LogP contribution in [0.3, 0.4) is 0 Å². The minimum absolute atomic E-state index is 0.0823. The number of rotatable bonds is 5. The monoisotopic (exact) mass is 375 g/mol. The van der Waals surface area contributed by atoms with Crippen LogP contribution in [-0.2, 0) is 0 Å². The van der Waals surface area contributed by atoms with E-state index in [-0.39, 0.29) is 11.4 Å². The van der Waals surface area contributed by atoms with Crippen LogP contribution in [0.2, 0.25) is 0 Å². The SMILES string of the molecule is Cc1ccccc1C(=O)N(CCN(C)C)c1nc2c(F)cc(F)cc2s1. The van der Waals surface area contributed by atoms with E-state index in [2.05, 4.69) is 4.98 Å². The van der Waals surface area contributed by atoms with Crippen molar-refractivity contribution in [2.24, 2.45) is 0 Å². The Morgan fingerprint density at radius 2 is 1.88 bits per heavy atom. The molecular formula is C19H19F2N3OS. The number of likely N-dealkylation sites (N-methyl/N-ethyl adjacent to an activating group) is 1. The zero-order valence-electron chi connectivity index (χ0n) is 14.8. The Morgan fingerprint density at radius 1 is 1.15 bits per heavy atom. The maximum absolute atomic E-state index is 14.0. The molecule has 0 saturated heterocycles. The van der Waals surface area contributed by atoms with Gasteiger partial charge in [0.25, 0.3) is 5.91 Å². The largest absolute Gasteiger partial charge is 0.308 e. The van der Waals surface area contributed by atoms with Gasteiger partial charge in [-0.3, -0.25) is 9.69 Å². The highest BCUT2D eigenvalue weighted by Gasteiger charge is 2.23. The lowest BCUT2D eigenvalue weighted by atomic mass is 10.1. The van der Waals surface area contributed by atoms with E-state index in [0.29, 0.717) is 28.5 Å². The highest BCUT2D eigenvalue weighted by molar-refractivity contribution is 7.22. The number of aromatic nitrogens is 1. The Morgan fingerprint density at radius 3 is 2.58 bits per heavy atom. The number of nitrogens with zero attached hydrogens (tertiary/aromatic N) is 3. The van der Waals surface area contributed by atoms with Gasteiger partial charge in [-0.25, -0.2) is 13.8 Å². The number of amides is 1. The number of fused-ring (bicyclic) bond motifs is 1. The average Bonchev–Trinajstić information content (AvgIpc) is 2.99. The van der Waals surface area contributed by atoms with Crippen LogP contribution in [0.15, 0.2) is 36.4 Å². The van der Waals surface area contributed by atoms with Gasteiger partial charge in [-0.15, -0.1) is 0 Å². The van der Waals surface area contributed by atoms with Gasteiger partial charge in [-0.05, 0) is 38.7 Å². The van der Waals surface area contributed by atoms with Gasteiger partial charge in [-0.1, -0.05) is 29.5 Å². The van der Waals surface area contributed by atoms with Crippen LogP contribution in [0.25, 0.3) is 10.2 Å². The fourth-order valence-corrected chi connectivity index (χ4v) is 3.63. The summed E-state index contributed by atoms with van der Waals surface area (Å²) in [5.41, 5.74) is 1.50. The highest BCUT2D eigenvalue weighted by Crippen LogP contribution is 2.32. The van der Waals surface area contributed by atoms with Crippen molar-refractivity contribution in [2.75, 3.05) is 32.1 Å². The van der Waals surface area contributed by atoms with Gasteiger partial charge in [0, 0.05) is 24.7 Å². The van der Waals surface area contributed by atoms with Gasteiger partial charge in [-0.2, -0.15) is 0 Å². The van der Waals surface area contributed by atoms with Crippen LogP contribution in [0, 0.1) is 18.6 Å². The third-order valence-corrected chi connectivity index (χ3v) is 5.05. The normalized spacial score (nSPS) is 11.3. The van der Waals surface area contributed by atoms with Crippen molar-refractivity contribution < 1.29 is 13.6 Å². The van der Waals surface area contributed by atoms with Crippen molar-refractivity contribution in [2.45, 2.75) is 6.92 Å². The zero-order valence-corrected chi connectivity index (χ0v) is 15.6. The number of hydrogen-bond acceptors (Lipinski definition) is 4. The Bertz CT molecular complexity index is 955. The molecule has 3 rings (SSSR count). The summed E-state index contributed by atoms with van der Waals surface area (Å²) in [7, 11) is 3.81. The minimum atomic E-state index is -0.724. The maximum Gasteiger partial charge on any atom is 0.260 e. The van der Waals surface area contributed by atoms with Crippen molar-refractivity contribution >= 4 is 32.6 Å². The van der Waals surface area contributed by atoms with E-state index in [9.17, 15) is 13.6 Å². The lowest BCUT2D eigenvalue weighted by Crippen LogP contribution is -2.37. The molecule has 0 aliphatic carbocycles. The first-order valence-corrected chi connectivity index (χ1v) is 8.96. The van der Waals surface area contributed by atoms with Crippen molar-refractivity contribution in [3.63, 3.8) is 0 Å². The number of hydrogen-bond donors (Lipinski definition) is 0. The van der Waals surface area contributed by atoms with Crippen LogP contribution in [0.4, 0.5) is 13.9 Å². The number of aryl methyl sites for hydroxylation is 1. The molecule has 1 heterocycles. The Balaban J connectivity index is 2.05. The molecule has 136 valence electrons. The van der Waals surface area contributed by atoms with Gasteiger partial charge in [0.2, 0.25) is 0 Å². The molecule has 2 aromatic carbocycles. The third-order valence-electron chi connectivity index (χ3n) is 4.02. The van der Waals surface area contributed by atoms with Crippen molar-refractivity contribution in [1.82, 2.24) is 9.88 Å². The first-order chi connectivity index (χ1) is 12.4. The second-order valence-electron chi connectivity index (χ2n) is 6.31. The second kappa shape index (κ2) is 7.47. The van der Waals surface area contributed by atoms with Crippen LogP contribution in [-0.4, -0.2) is 43.0 Å². The number of carbonyl (C=O) groups excluding carboxylic acids is 1. The first-order valence-electron chi connectivity index (χ1n) is 8.14. The molecule has 0 saturated carbocycles. The molecular weight excluding hydrogens is 356 g/mol. The van der Waals surface area contributed by atoms with E-state index in [1.54, 1.807) is 12.1 Å². The second-order valence-corrected chi connectivity index (χ2v) is 7.31. The summed E-state index contributed by atoms with van der Waals surface area (Å²) >= 11 is 1.11. The number of benzene rings is 2. The fourth-order valence-electron chi connectivity index (χ4n) is 2.60. The van der Waals surface area contributed by atoms with E-state index in [1.807, 2.05) is 38.1 Å². The standard InChI is InChI=1S/C19H19F2N3OS/c1-12-6-4-5-7-14(12)18(25)24(9-8-23(2)3)19-22-17-15(21)10-13(20)11-16(17)26-19/h4-7,10-11H,8-9H2,1-3H3. The van der Waals surface area contributed by atoms with E-state index in [0.717, 1.165) is 23.0 Å². The molecule has 0 bridgehead atoms. The topological polar surface area (TPSA) is 36.4 Å². The molecule has 0 aliphatic rings. The van der Waals surface area contributed by atoms with Gasteiger partial charge in [0.1, 0.15) is 11.3 Å². The summed E-state index contributed by atoms with van der Waals surface area (Å²) in [6.45, 7) is 2.87. The molecule has 0 unspecified atom stereocenters. The summed E-state index contributed by atoms with van der Waals surface area (Å²) in [5.74, 6) is -1.58. The maximum atomic E-state index is 14.0. The van der Waals surface area contributed by atoms with E-state index in [1.165, 1.54) is 11.0 Å². The van der Waals surface area contributed by atoms with Crippen molar-refractivity contribution in [3.05, 3.63) is 59.2 Å². The molecule has 26 heavy (non-hydrogen) atoms. The molecule has 3 aromatic rings. The molecule has 1 amide bonds. The number of anilines is 1. The van der Waals surface area contributed by atoms with Crippen LogP contribution < -0.4 is 4.90 Å². The summed E-state index contributed by atoms with van der Waals surface area (Å²) in [5, 5.41) is 0.361. The lowest BCUT2D eigenvalue weighted by Gasteiger charge is -2.22. The quantitative estimate of drug-likeness (QED) is 0.674. The average molecular weight is 375 g/mol. The molecule has 1 aromatic heterocycles. The zero-order chi connectivity index (χ0) is 18.8. The van der Waals surface area contributed by atoms with E-state index in [4.69, 9.17) is 0 Å². The fraction of sp³-hybridized carbons (Fsp3) is 0.263. The molecule has 0 spiro atoms. The van der Waals surface area contributed by atoms with Crippen LogP contribution in [0.1, 0.15) is 15.9 Å². The molecule has 0 aliphatic heterocycles. The molecule has 7 heteroatoms. The number of carbonyl (C=O) groups is 1. The summed E-state index contributed by atoms with van der Waals surface area (Å²) < 4.78 is 27.9. The molecule has 0 fully saturated rings. The van der Waals surface area contributed by atoms with E-state index < -0.39 is 11.6 Å². The summed E-state index contributed by atoms with van der Waals surface area (Å²) in [4.78, 5) is 20.9. The summed E-state index contributed by atoms with van der Waals surface area (Å²) in [6, 6.07) is 9.34. The predicted octanol–water partition coefficient (Wildman–Crippen LogP) is 4.09. The van der Waals surface area contributed by atoms with Crippen molar-refractivity contribution in [3.8, 4) is 0 Å². The van der Waals surface area contributed by atoms with E-state index >= 15 is 0 Å². The van der Waals surface area contributed by atoms with Gasteiger partial charge < -0.3 is 4.90 Å². The number of thiazole rings is 1. The van der Waals surface area contributed by atoms with Gasteiger partial charge >= 0.3 is 0 Å². The van der Waals surface area contributed by atoms with Gasteiger partial charge in [0.05, 0.1) is 4.70 Å². The first kappa shape index (κ1) is 18.4. The summed E-state index contributed by atoms with van der Waals surface area (Å²) in [6.07, 6.45) is 0. The van der Waals surface area contributed by atoms with Crippen LogP contribution >= 0.6 is 11.3 Å². The molecule has 0 radical (unpaired) electrons. The highest BCUT2D eigenvalue weighted by atomic mass is 32.1. The Hall–Kier alpha value is -2.38. The molecule has 4 nitrogen and oxygen atoms in total. The molecule has 0 atom stereocenters.